The van der Waals surface area contributed by atoms with Gasteiger partial charge in [-0.2, -0.15) is 0 Å². The summed E-state index contributed by atoms with van der Waals surface area (Å²) in [6.07, 6.45) is 0. The number of benzene rings is 1. The summed E-state index contributed by atoms with van der Waals surface area (Å²) in [7, 11) is 1.00. The number of ether oxygens (including phenoxy) is 1. The zero-order chi connectivity index (χ0) is 9.40. The van der Waals surface area contributed by atoms with Crippen LogP contribution in [0.1, 0.15) is 12.5 Å². The minimum Gasteiger partial charge on any atom is -0.494 e. The van der Waals surface area contributed by atoms with E-state index < -0.39 is 0 Å². The largest absolute Gasteiger partial charge is 0.494 e. The van der Waals surface area contributed by atoms with Crippen LogP contribution in [-0.2, 0) is 0 Å². The molecule has 0 saturated carbocycles. The van der Waals surface area contributed by atoms with Crippen LogP contribution in [0.5, 0.6) is 5.75 Å². The summed E-state index contributed by atoms with van der Waals surface area (Å²) < 4.78 is 5.29. The van der Waals surface area contributed by atoms with Crippen LogP contribution in [0.4, 0.5) is 0 Å². The first kappa shape index (κ1) is 11.0. The summed E-state index contributed by atoms with van der Waals surface area (Å²) in [5, 5.41) is 7.00. The van der Waals surface area contributed by atoms with Gasteiger partial charge in [0.2, 0.25) is 0 Å². The second-order valence-corrected chi connectivity index (χ2v) is 2.25. The lowest BCUT2D eigenvalue weighted by Gasteiger charge is -2.01. The van der Waals surface area contributed by atoms with Crippen molar-refractivity contribution in [2.75, 3.05) is 13.7 Å². The highest BCUT2D eigenvalue weighted by atomic mass is 16.5. The van der Waals surface area contributed by atoms with E-state index in [1.807, 2.05) is 25.1 Å². The Morgan fingerprint density at radius 1 is 1.33 bits per heavy atom. The Balaban J connectivity index is 0.000000561. The molecule has 0 fully saturated rings. The van der Waals surface area contributed by atoms with Gasteiger partial charge in [-0.05, 0) is 31.5 Å². The quantitative estimate of drug-likeness (QED) is 0.732. The van der Waals surface area contributed by atoms with Crippen molar-refractivity contribution >= 4 is 0 Å². The molecule has 0 radical (unpaired) electrons. The molecular weight excluding hydrogens is 152 g/mol. The predicted molar refractivity (Wildman–Crippen MR) is 50.5 cm³/mol. The minimum atomic E-state index is 0.740. The van der Waals surface area contributed by atoms with Crippen LogP contribution in [-0.4, -0.2) is 18.8 Å². The van der Waals surface area contributed by atoms with E-state index in [4.69, 9.17) is 9.84 Å². The van der Waals surface area contributed by atoms with Crippen molar-refractivity contribution in [1.29, 1.82) is 0 Å². The van der Waals surface area contributed by atoms with Gasteiger partial charge in [0.05, 0.1) is 6.61 Å². The molecule has 0 spiro atoms. The van der Waals surface area contributed by atoms with Gasteiger partial charge in [-0.1, -0.05) is 12.1 Å². The number of aryl methyl sites for hydroxylation is 1. The van der Waals surface area contributed by atoms with E-state index in [2.05, 4.69) is 13.0 Å². The molecule has 0 aliphatic rings. The molecule has 0 saturated heterocycles. The predicted octanol–water partition coefficient (Wildman–Crippen LogP) is 2.00. The topological polar surface area (TPSA) is 29.5 Å². The van der Waals surface area contributed by atoms with E-state index in [1.165, 1.54) is 5.56 Å². The lowest BCUT2D eigenvalue weighted by atomic mass is 10.2. The van der Waals surface area contributed by atoms with E-state index in [0.717, 1.165) is 19.5 Å². The van der Waals surface area contributed by atoms with Gasteiger partial charge in [0.1, 0.15) is 5.75 Å². The van der Waals surface area contributed by atoms with Crippen molar-refractivity contribution in [3.8, 4) is 5.75 Å². The SMILES string of the molecule is CCOc1cccc(C)c1.CO. The average Bonchev–Trinajstić information content (AvgIpc) is 2.09. The molecule has 0 aliphatic carbocycles. The van der Waals surface area contributed by atoms with E-state index in [-0.39, 0.29) is 0 Å². The molecule has 2 nitrogen and oxygen atoms in total. The maximum Gasteiger partial charge on any atom is 0.119 e. The monoisotopic (exact) mass is 168 g/mol. The lowest BCUT2D eigenvalue weighted by molar-refractivity contribution is 0.340. The summed E-state index contributed by atoms with van der Waals surface area (Å²) in [6.45, 7) is 4.79. The third kappa shape index (κ3) is 3.98. The minimum absolute atomic E-state index is 0.740. The van der Waals surface area contributed by atoms with Crippen LogP contribution < -0.4 is 4.74 Å². The van der Waals surface area contributed by atoms with Crippen LogP contribution in [0.2, 0.25) is 0 Å². The fraction of sp³-hybridized carbons (Fsp3) is 0.400. The van der Waals surface area contributed by atoms with Gasteiger partial charge >= 0.3 is 0 Å². The van der Waals surface area contributed by atoms with Crippen LogP contribution in [0.3, 0.4) is 0 Å². The molecule has 0 atom stereocenters. The van der Waals surface area contributed by atoms with Crippen LogP contribution in [0, 0.1) is 6.92 Å². The Hall–Kier alpha value is -1.02. The van der Waals surface area contributed by atoms with Crippen molar-refractivity contribution in [3.05, 3.63) is 29.8 Å². The van der Waals surface area contributed by atoms with Crippen LogP contribution >= 0.6 is 0 Å². The maximum atomic E-state index is 7.00. The molecule has 0 aliphatic heterocycles. The van der Waals surface area contributed by atoms with E-state index in [9.17, 15) is 0 Å². The Morgan fingerprint density at radius 3 is 2.50 bits per heavy atom. The zero-order valence-corrected chi connectivity index (χ0v) is 7.87. The summed E-state index contributed by atoms with van der Waals surface area (Å²) in [5.74, 6) is 0.961. The molecule has 1 N–H and O–H groups in total. The summed E-state index contributed by atoms with van der Waals surface area (Å²) in [6, 6.07) is 8.06. The molecular formula is C10H16O2. The van der Waals surface area contributed by atoms with Crippen molar-refractivity contribution in [1.82, 2.24) is 0 Å². The molecule has 0 amide bonds. The first-order valence-corrected chi connectivity index (χ1v) is 3.97. The van der Waals surface area contributed by atoms with Gasteiger partial charge in [-0.25, -0.2) is 0 Å². The van der Waals surface area contributed by atoms with Gasteiger partial charge in [-0.15, -0.1) is 0 Å². The highest BCUT2D eigenvalue weighted by Crippen LogP contribution is 2.11. The van der Waals surface area contributed by atoms with Crippen molar-refractivity contribution < 1.29 is 9.84 Å². The Bertz CT molecular complexity index is 209. The summed E-state index contributed by atoms with van der Waals surface area (Å²) >= 11 is 0. The Kier molecular flexibility index (Phi) is 6.11. The smallest absolute Gasteiger partial charge is 0.119 e. The van der Waals surface area contributed by atoms with Gasteiger partial charge in [0.15, 0.2) is 0 Å². The molecule has 12 heavy (non-hydrogen) atoms. The molecule has 68 valence electrons. The number of hydrogen-bond acceptors (Lipinski definition) is 2. The van der Waals surface area contributed by atoms with Gasteiger partial charge < -0.3 is 9.84 Å². The summed E-state index contributed by atoms with van der Waals surface area (Å²) in [5.41, 5.74) is 1.24. The zero-order valence-electron chi connectivity index (χ0n) is 7.87. The number of aliphatic hydroxyl groups is 1. The van der Waals surface area contributed by atoms with E-state index >= 15 is 0 Å². The maximum absolute atomic E-state index is 7.00. The second-order valence-electron chi connectivity index (χ2n) is 2.25. The molecule has 1 aromatic rings. The normalized spacial score (nSPS) is 8.33. The summed E-state index contributed by atoms with van der Waals surface area (Å²) in [4.78, 5) is 0. The van der Waals surface area contributed by atoms with Crippen molar-refractivity contribution in [2.45, 2.75) is 13.8 Å². The fourth-order valence-corrected chi connectivity index (χ4v) is 0.872. The molecule has 0 bridgehead atoms. The van der Waals surface area contributed by atoms with Crippen LogP contribution in [0.25, 0.3) is 0 Å². The van der Waals surface area contributed by atoms with E-state index in [1.54, 1.807) is 0 Å². The number of hydrogen-bond donors (Lipinski definition) is 1. The Labute approximate surface area is 73.8 Å². The number of aliphatic hydroxyl groups excluding tert-OH is 1. The molecule has 1 rings (SSSR count). The van der Waals surface area contributed by atoms with Gasteiger partial charge in [-0.3, -0.25) is 0 Å². The van der Waals surface area contributed by atoms with Crippen molar-refractivity contribution in [2.24, 2.45) is 0 Å². The third-order valence-corrected chi connectivity index (χ3v) is 1.30. The fourth-order valence-electron chi connectivity index (χ4n) is 0.872. The third-order valence-electron chi connectivity index (χ3n) is 1.30. The first-order chi connectivity index (χ1) is 5.83. The second kappa shape index (κ2) is 6.68. The molecule has 2 heteroatoms. The molecule has 0 unspecified atom stereocenters. The van der Waals surface area contributed by atoms with Gasteiger partial charge in [0, 0.05) is 7.11 Å². The Morgan fingerprint density at radius 2 is 2.00 bits per heavy atom. The molecule has 0 heterocycles. The lowest BCUT2D eigenvalue weighted by Crippen LogP contribution is -1.90. The average molecular weight is 168 g/mol. The van der Waals surface area contributed by atoms with Gasteiger partial charge in [0.25, 0.3) is 0 Å². The van der Waals surface area contributed by atoms with Crippen molar-refractivity contribution in [3.63, 3.8) is 0 Å². The molecule has 0 aromatic heterocycles. The standard InChI is InChI=1S/C9H12O.CH4O/c1-3-10-9-6-4-5-8(2)7-9;1-2/h4-7H,3H2,1-2H3;2H,1H3. The molecule has 1 aromatic carbocycles. The number of rotatable bonds is 2. The highest BCUT2D eigenvalue weighted by Gasteiger charge is 1.88. The van der Waals surface area contributed by atoms with E-state index in [0.29, 0.717) is 0 Å². The van der Waals surface area contributed by atoms with Crippen LogP contribution in [0.15, 0.2) is 24.3 Å². The highest BCUT2D eigenvalue weighted by molar-refractivity contribution is 5.27. The first-order valence-electron chi connectivity index (χ1n) is 3.97.